The lowest BCUT2D eigenvalue weighted by Crippen LogP contribution is -2.61. The van der Waals surface area contributed by atoms with Gasteiger partial charge in [0.15, 0.2) is 0 Å². The molecule has 6 heterocycles. The summed E-state index contributed by atoms with van der Waals surface area (Å²) in [6.07, 6.45) is 0. The second-order valence-corrected chi connectivity index (χ2v) is 28.7. The predicted molar refractivity (Wildman–Crippen MR) is 426 cm³/mol. The molecule has 15 aromatic carbocycles. The molecule has 0 N–H and O–H groups in total. The van der Waals surface area contributed by atoms with Crippen LogP contribution < -0.4 is 26.2 Å². The summed E-state index contributed by atoms with van der Waals surface area (Å²) in [5, 5.41) is 8.58. The fraction of sp³-hybridized carbons (Fsp3) is 0.0526. The van der Waals surface area contributed by atoms with Crippen molar-refractivity contribution in [2.24, 2.45) is 0 Å². The van der Waals surface area contributed by atoms with Crippen LogP contribution >= 0.6 is 0 Å². The van der Waals surface area contributed by atoms with Gasteiger partial charge in [-0.2, -0.15) is 0 Å². The van der Waals surface area contributed by atoms with Gasteiger partial charge in [0.05, 0.1) is 11.4 Å². The third-order valence-corrected chi connectivity index (χ3v) is 21.7. The van der Waals surface area contributed by atoms with Crippen LogP contribution in [0.15, 0.2) is 327 Å². The van der Waals surface area contributed by atoms with Crippen LogP contribution in [0.5, 0.6) is 0 Å². The minimum Gasteiger partial charge on any atom is -0.456 e. The van der Waals surface area contributed by atoms with Gasteiger partial charge in [-0.25, -0.2) is 0 Å². The molecule has 0 amide bonds. The smallest absolute Gasteiger partial charge is 0.252 e. The molecule has 2 aliphatic rings. The van der Waals surface area contributed by atoms with Gasteiger partial charge >= 0.3 is 0 Å². The van der Waals surface area contributed by atoms with Crippen LogP contribution in [0, 0.1) is 6.92 Å². The molecule has 0 spiro atoms. The van der Waals surface area contributed by atoms with Gasteiger partial charge in [0, 0.05) is 88.1 Å². The van der Waals surface area contributed by atoms with E-state index in [4.69, 9.17) is 17.7 Å². The van der Waals surface area contributed by atoms with Crippen LogP contribution in [0.2, 0.25) is 0 Å². The lowest BCUT2D eigenvalue weighted by molar-refractivity contribution is 0.590. The number of rotatable bonds is 8. The van der Waals surface area contributed by atoms with E-state index in [-0.39, 0.29) is 12.1 Å². The summed E-state index contributed by atoms with van der Waals surface area (Å²) in [4.78, 5) is 5.34. The molecule has 0 radical (unpaired) electrons. The predicted octanol–water partition coefficient (Wildman–Crippen LogP) is 25.0. The molecule has 0 unspecified atom stereocenters. The van der Waals surface area contributed by atoms with Gasteiger partial charge in [-0.15, -0.1) is 0 Å². The first-order chi connectivity index (χ1) is 50.1. The van der Waals surface area contributed by atoms with Crippen molar-refractivity contribution in [2.45, 2.75) is 33.1 Å². The van der Waals surface area contributed by atoms with Gasteiger partial charge in [-0.3, -0.25) is 0 Å². The summed E-state index contributed by atoms with van der Waals surface area (Å²) in [6, 6.07) is 114. The normalized spacial score (nSPS) is 12.8. The summed E-state index contributed by atoms with van der Waals surface area (Å²) in [5.41, 5.74) is 32.3. The molecular formula is C95H63BN2O4. The Morgan fingerprint density at radius 1 is 0.255 bits per heavy atom. The molecule has 0 saturated heterocycles. The first kappa shape index (κ1) is 58.2. The molecule has 102 heavy (non-hydrogen) atoms. The fourth-order valence-electron chi connectivity index (χ4n) is 16.9. The third kappa shape index (κ3) is 8.87. The molecule has 2 aliphatic heterocycles. The van der Waals surface area contributed by atoms with Crippen LogP contribution in [0.3, 0.4) is 0 Å². The molecule has 7 heteroatoms. The number of anilines is 6. The number of hydrogen-bond donors (Lipinski definition) is 0. The quantitative estimate of drug-likeness (QED) is 0.141. The molecule has 480 valence electrons. The number of nitrogens with zero attached hydrogens (tertiary/aromatic N) is 2. The van der Waals surface area contributed by atoms with Crippen molar-refractivity contribution in [1.82, 2.24) is 0 Å². The summed E-state index contributed by atoms with van der Waals surface area (Å²) < 4.78 is 26.4. The highest BCUT2D eigenvalue weighted by molar-refractivity contribution is 7.00. The molecule has 0 saturated carbocycles. The zero-order chi connectivity index (χ0) is 67.6. The number of hydrogen-bond acceptors (Lipinski definition) is 6. The van der Waals surface area contributed by atoms with Gasteiger partial charge in [0.2, 0.25) is 0 Å². The second-order valence-electron chi connectivity index (χ2n) is 28.7. The van der Waals surface area contributed by atoms with Crippen molar-refractivity contribution in [3.8, 4) is 66.8 Å². The number of fused-ring (bicyclic) bond motifs is 16. The summed E-state index contributed by atoms with van der Waals surface area (Å²) in [5.74, 6) is 0. The highest BCUT2D eigenvalue weighted by atomic mass is 16.3. The first-order valence-corrected chi connectivity index (χ1v) is 35.2. The van der Waals surface area contributed by atoms with Gasteiger partial charge in [0.25, 0.3) is 6.71 Å². The molecule has 19 aromatic rings. The molecule has 0 aliphatic carbocycles. The Kier molecular flexibility index (Phi) is 12.6. The van der Waals surface area contributed by atoms with Crippen molar-refractivity contribution in [3.05, 3.63) is 321 Å². The van der Waals surface area contributed by atoms with Crippen molar-refractivity contribution in [2.75, 3.05) is 9.80 Å². The Balaban J connectivity index is 0.918. The average molecular weight is 1310 g/mol. The van der Waals surface area contributed by atoms with Crippen LogP contribution in [0.4, 0.5) is 34.1 Å². The first-order valence-electron chi connectivity index (χ1n) is 35.2. The van der Waals surface area contributed by atoms with Gasteiger partial charge in [-0.1, -0.05) is 233 Å². The van der Waals surface area contributed by atoms with E-state index >= 15 is 0 Å². The maximum atomic E-state index is 6.61. The highest BCUT2D eigenvalue weighted by Gasteiger charge is 2.46. The Bertz CT molecular complexity index is 6460. The average Bonchev–Trinajstić information content (AvgIpc) is 0.917. The number of benzene rings is 15. The van der Waals surface area contributed by atoms with E-state index in [0.717, 1.165) is 178 Å². The summed E-state index contributed by atoms with van der Waals surface area (Å²) in [7, 11) is 0. The molecule has 21 rings (SSSR count). The number of furan rings is 4. The van der Waals surface area contributed by atoms with Gasteiger partial charge in [0.1, 0.15) is 44.7 Å². The van der Waals surface area contributed by atoms with Crippen molar-refractivity contribution in [1.29, 1.82) is 0 Å². The summed E-state index contributed by atoms with van der Waals surface area (Å²) in [6.45, 7) is 9.14. The number of para-hydroxylation sites is 6. The SMILES string of the molecule is Cc1cc2c(cc1-c1ccccc1)B1c3ccc(-c4ccccc4)cc3N(c3c(-c4ccc5oc6ccccc6c5c4)cccc3-c3ccc4oc5ccccc5c4c3)c3cc(C(C)(C)C)cc(c31)N2c1c(-c2ccc3oc4ccccc4c3c2)cccc1-c1ccc2oc3ccccc3c2c1. The third-order valence-electron chi connectivity index (χ3n) is 21.7. The van der Waals surface area contributed by atoms with Crippen LogP contribution in [-0.4, -0.2) is 6.71 Å². The molecule has 0 atom stereocenters. The van der Waals surface area contributed by atoms with E-state index in [0.29, 0.717) is 0 Å². The standard InChI is InChI=1S/C95H63BN2O4/c1-56-47-80-79(55-73(56)58-23-9-6-10-24-58)96-78-42-37-59(57-21-7-5-8-22-57)52-81(78)98(94-67(62-40-45-90-76(50-62)71-27-13-17-35-86(71)101-90)31-20-32-68(94)63-41-46-91-77(51-63)72-28-14-18-36-87(72)102-91)83-54-64(95(2,3)4)53-82(92(83)96)97(80)93-65(60-38-43-88-74(48-60)69-25-11-15-33-84(69)99-88)29-19-30-66(93)61-39-44-89-75(49-61)70-26-12-16-34-85(70)100-89/h5-55H,1-4H3. The van der Waals surface area contributed by atoms with E-state index in [1.54, 1.807) is 0 Å². The molecule has 0 fully saturated rings. The van der Waals surface area contributed by atoms with Crippen molar-refractivity contribution in [3.63, 3.8) is 0 Å². The number of aryl methyl sites for hydroxylation is 1. The van der Waals surface area contributed by atoms with Gasteiger partial charge < -0.3 is 27.5 Å². The molecule has 0 bridgehead atoms. The second kappa shape index (κ2) is 22.1. The van der Waals surface area contributed by atoms with E-state index in [9.17, 15) is 0 Å². The maximum Gasteiger partial charge on any atom is 0.252 e. The van der Waals surface area contributed by atoms with E-state index < -0.39 is 0 Å². The highest BCUT2D eigenvalue weighted by Crippen LogP contribution is 2.56. The van der Waals surface area contributed by atoms with Crippen LogP contribution in [0.25, 0.3) is 155 Å². The van der Waals surface area contributed by atoms with E-state index in [2.05, 4.69) is 347 Å². The lowest BCUT2D eigenvalue weighted by Gasteiger charge is -2.46. The van der Waals surface area contributed by atoms with E-state index in [1.165, 1.54) is 38.6 Å². The Hall–Kier alpha value is -12.8. The Morgan fingerprint density at radius 3 is 1.01 bits per heavy atom. The van der Waals surface area contributed by atoms with Crippen molar-refractivity contribution >= 4 is 145 Å². The maximum absolute atomic E-state index is 6.61. The minimum absolute atomic E-state index is 0.259. The molecule has 4 aromatic heterocycles. The van der Waals surface area contributed by atoms with Gasteiger partial charge in [-0.05, 0) is 181 Å². The van der Waals surface area contributed by atoms with Crippen LogP contribution in [-0.2, 0) is 5.41 Å². The monoisotopic (exact) mass is 1310 g/mol. The zero-order valence-electron chi connectivity index (χ0n) is 56.5. The summed E-state index contributed by atoms with van der Waals surface area (Å²) >= 11 is 0. The Labute approximate surface area is 589 Å². The van der Waals surface area contributed by atoms with Crippen LogP contribution in [0.1, 0.15) is 31.9 Å². The zero-order valence-corrected chi connectivity index (χ0v) is 56.5. The topological polar surface area (TPSA) is 59.0 Å². The van der Waals surface area contributed by atoms with Crippen molar-refractivity contribution < 1.29 is 17.7 Å². The lowest BCUT2D eigenvalue weighted by atomic mass is 9.33. The molecular weight excluding hydrogens is 1240 g/mol. The largest absolute Gasteiger partial charge is 0.456 e. The fourth-order valence-corrected chi connectivity index (χ4v) is 16.9. The Morgan fingerprint density at radius 2 is 0.608 bits per heavy atom. The van der Waals surface area contributed by atoms with E-state index in [1.807, 2.05) is 0 Å². The molecule has 6 nitrogen and oxygen atoms in total. The minimum atomic E-state index is -0.357.